The number of carbonyl (C=O) groups is 2. The van der Waals surface area contributed by atoms with E-state index in [9.17, 15) is 18.0 Å². The van der Waals surface area contributed by atoms with Gasteiger partial charge in [0.05, 0.1) is 11.4 Å². The molecule has 0 aliphatic rings. The number of nitrogens with one attached hydrogen (secondary N) is 3. The molecule has 0 heterocycles. The third kappa shape index (κ3) is 5.73. The maximum absolute atomic E-state index is 12.5. The van der Waals surface area contributed by atoms with Crippen molar-refractivity contribution in [1.29, 1.82) is 0 Å². The van der Waals surface area contributed by atoms with E-state index in [1.807, 2.05) is 32.9 Å². The first-order chi connectivity index (χ1) is 15.2. The van der Waals surface area contributed by atoms with Crippen LogP contribution < -0.4 is 15.4 Å². The molecular formula is C24H25N3O4S. The van der Waals surface area contributed by atoms with Crippen LogP contribution in [0.4, 0.5) is 11.4 Å². The number of para-hydroxylation sites is 1. The minimum Gasteiger partial charge on any atom is -0.343 e. The van der Waals surface area contributed by atoms with E-state index in [-0.39, 0.29) is 22.9 Å². The molecule has 2 amide bonds. The average molecular weight is 452 g/mol. The van der Waals surface area contributed by atoms with Crippen LogP contribution in [-0.2, 0) is 14.8 Å². The fraction of sp³-hybridized carbons (Fsp3) is 0.167. The molecule has 3 aromatic rings. The quantitative estimate of drug-likeness (QED) is 0.508. The van der Waals surface area contributed by atoms with Crippen LogP contribution in [0.15, 0.2) is 71.6 Å². The summed E-state index contributed by atoms with van der Waals surface area (Å²) < 4.78 is 27.4. The number of carbonyl (C=O) groups excluding carboxylic acids is 2. The zero-order valence-electron chi connectivity index (χ0n) is 18.1. The molecule has 7 nitrogen and oxygen atoms in total. The van der Waals surface area contributed by atoms with Crippen molar-refractivity contribution < 1.29 is 18.0 Å². The van der Waals surface area contributed by atoms with E-state index in [0.29, 0.717) is 5.69 Å². The van der Waals surface area contributed by atoms with Crippen LogP contribution in [0, 0.1) is 20.8 Å². The summed E-state index contributed by atoms with van der Waals surface area (Å²) in [4.78, 5) is 24.7. The summed E-state index contributed by atoms with van der Waals surface area (Å²) >= 11 is 0. The van der Waals surface area contributed by atoms with Crippen molar-refractivity contribution in [3.8, 4) is 0 Å². The van der Waals surface area contributed by atoms with E-state index in [2.05, 4.69) is 15.4 Å². The van der Waals surface area contributed by atoms with Crippen molar-refractivity contribution >= 4 is 33.2 Å². The zero-order valence-corrected chi connectivity index (χ0v) is 18.9. The molecule has 0 aliphatic heterocycles. The third-order valence-corrected chi connectivity index (χ3v) is 6.20. The Balaban J connectivity index is 1.60. The van der Waals surface area contributed by atoms with Gasteiger partial charge in [0, 0.05) is 16.9 Å². The van der Waals surface area contributed by atoms with Crippen LogP contribution in [-0.4, -0.2) is 26.8 Å². The summed E-state index contributed by atoms with van der Waals surface area (Å²) in [5.41, 5.74) is 4.43. The number of benzene rings is 3. The van der Waals surface area contributed by atoms with Crippen LogP contribution in [0.3, 0.4) is 0 Å². The van der Waals surface area contributed by atoms with Gasteiger partial charge in [-0.3, -0.25) is 14.3 Å². The fourth-order valence-electron chi connectivity index (χ4n) is 3.33. The lowest BCUT2D eigenvalue weighted by molar-refractivity contribution is -0.115. The fourth-order valence-corrected chi connectivity index (χ4v) is 4.39. The topological polar surface area (TPSA) is 104 Å². The number of amides is 2. The molecule has 0 bridgehead atoms. The zero-order chi connectivity index (χ0) is 23.3. The van der Waals surface area contributed by atoms with Crippen LogP contribution >= 0.6 is 0 Å². The lowest BCUT2D eigenvalue weighted by Gasteiger charge is -2.13. The standard InChI is InChI=1S/C24H25N3O4S/c1-16-13-17(2)23(18(3)14-16)26-22(28)15-25-24(29)19-9-11-21(12-10-19)32(30,31)27-20-7-5-4-6-8-20/h4-14,27H,15H2,1-3H3,(H,25,29)(H,26,28). The van der Waals surface area contributed by atoms with Gasteiger partial charge in [0.15, 0.2) is 0 Å². The molecule has 0 fully saturated rings. The van der Waals surface area contributed by atoms with E-state index < -0.39 is 15.9 Å². The monoisotopic (exact) mass is 451 g/mol. The molecule has 0 unspecified atom stereocenters. The Kier molecular flexibility index (Phi) is 6.95. The molecule has 3 rings (SSSR count). The summed E-state index contributed by atoms with van der Waals surface area (Å²) in [6.07, 6.45) is 0. The molecule has 166 valence electrons. The maximum Gasteiger partial charge on any atom is 0.261 e. The van der Waals surface area contributed by atoms with E-state index in [0.717, 1.165) is 22.4 Å². The second-order valence-corrected chi connectivity index (χ2v) is 9.18. The second-order valence-electron chi connectivity index (χ2n) is 7.50. The highest BCUT2D eigenvalue weighted by Gasteiger charge is 2.16. The number of hydrogen-bond donors (Lipinski definition) is 3. The Hall–Kier alpha value is -3.65. The third-order valence-electron chi connectivity index (χ3n) is 4.80. The second kappa shape index (κ2) is 9.65. The van der Waals surface area contributed by atoms with Crippen LogP contribution in [0.2, 0.25) is 0 Å². The van der Waals surface area contributed by atoms with E-state index >= 15 is 0 Å². The molecule has 0 radical (unpaired) electrons. The van der Waals surface area contributed by atoms with Crippen molar-refractivity contribution in [2.24, 2.45) is 0 Å². The Bertz CT molecular complexity index is 1210. The van der Waals surface area contributed by atoms with Gasteiger partial charge < -0.3 is 10.6 Å². The SMILES string of the molecule is Cc1cc(C)c(NC(=O)CNC(=O)c2ccc(S(=O)(=O)Nc3ccccc3)cc2)c(C)c1. The summed E-state index contributed by atoms with van der Waals surface area (Å²) in [6, 6.07) is 18.0. The summed E-state index contributed by atoms with van der Waals surface area (Å²) in [7, 11) is -3.77. The van der Waals surface area contributed by atoms with Gasteiger partial charge in [0.2, 0.25) is 5.91 Å². The Morgan fingerprint density at radius 1 is 0.844 bits per heavy atom. The molecule has 0 saturated carbocycles. The highest BCUT2D eigenvalue weighted by atomic mass is 32.2. The normalized spacial score (nSPS) is 11.0. The molecular weight excluding hydrogens is 426 g/mol. The predicted molar refractivity (Wildman–Crippen MR) is 125 cm³/mol. The van der Waals surface area contributed by atoms with Crippen molar-refractivity contribution in [1.82, 2.24) is 5.32 Å². The minimum atomic E-state index is -3.77. The van der Waals surface area contributed by atoms with Gasteiger partial charge in [-0.25, -0.2) is 8.42 Å². The summed E-state index contributed by atoms with van der Waals surface area (Å²) in [5, 5.41) is 5.37. The minimum absolute atomic E-state index is 0.0287. The molecule has 32 heavy (non-hydrogen) atoms. The van der Waals surface area contributed by atoms with Gasteiger partial charge in [-0.05, 0) is 68.3 Å². The summed E-state index contributed by atoms with van der Waals surface area (Å²) in [6.45, 7) is 5.61. The highest BCUT2D eigenvalue weighted by molar-refractivity contribution is 7.92. The first-order valence-corrected chi connectivity index (χ1v) is 11.5. The Morgan fingerprint density at radius 3 is 2.03 bits per heavy atom. The van der Waals surface area contributed by atoms with Gasteiger partial charge in [-0.2, -0.15) is 0 Å². The average Bonchev–Trinajstić information content (AvgIpc) is 2.75. The lowest BCUT2D eigenvalue weighted by Crippen LogP contribution is -2.33. The van der Waals surface area contributed by atoms with Gasteiger partial charge in [-0.15, -0.1) is 0 Å². The van der Waals surface area contributed by atoms with Gasteiger partial charge in [0.1, 0.15) is 0 Å². The molecule has 0 aliphatic carbocycles. The first kappa shape index (κ1) is 23.0. The molecule has 8 heteroatoms. The van der Waals surface area contributed by atoms with E-state index in [4.69, 9.17) is 0 Å². The van der Waals surface area contributed by atoms with Gasteiger partial charge in [-0.1, -0.05) is 35.9 Å². The molecule has 0 spiro atoms. The van der Waals surface area contributed by atoms with Crippen molar-refractivity contribution in [3.05, 3.63) is 89.0 Å². The number of hydrogen-bond acceptors (Lipinski definition) is 4. The van der Waals surface area contributed by atoms with Crippen molar-refractivity contribution in [2.45, 2.75) is 25.7 Å². The molecule has 0 saturated heterocycles. The van der Waals surface area contributed by atoms with Crippen LogP contribution in [0.5, 0.6) is 0 Å². The molecule has 0 atom stereocenters. The van der Waals surface area contributed by atoms with E-state index in [1.54, 1.807) is 30.3 Å². The largest absolute Gasteiger partial charge is 0.343 e. The highest BCUT2D eigenvalue weighted by Crippen LogP contribution is 2.21. The van der Waals surface area contributed by atoms with Gasteiger partial charge in [0.25, 0.3) is 15.9 Å². The lowest BCUT2D eigenvalue weighted by atomic mass is 10.1. The first-order valence-electron chi connectivity index (χ1n) is 9.99. The maximum atomic E-state index is 12.5. The Labute approximate surface area is 187 Å². The van der Waals surface area contributed by atoms with Crippen LogP contribution in [0.1, 0.15) is 27.0 Å². The Morgan fingerprint density at radius 2 is 1.44 bits per heavy atom. The molecule has 3 aromatic carbocycles. The molecule has 0 aromatic heterocycles. The number of anilines is 2. The van der Waals surface area contributed by atoms with E-state index in [1.165, 1.54) is 24.3 Å². The molecule has 3 N–H and O–H groups in total. The smallest absolute Gasteiger partial charge is 0.261 e. The van der Waals surface area contributed by atoms with Crippen LogP contribution in [0.25, 0.3) is 0 Å². The number of aryl methyl sites for hydroxylation is 3. The van der Waals surface area contributed by atoms with Crippen molar-refractivity contribution in [3.63, 3.8) is 0 Å². The number of rotatable bonds is 7. The number of sulfonamides is 1. The summed E-state index contributed by atoms with van der Waals surface area (Å²) in [5.74, 6) is -0.822. The van der Waals surface area contributed by atoms with Crippen molar-refractivity contribution in [2.75, 3.05) is 16.6 Å². The van der Waals surface area contributed by atoms with Gasteiger partial charge >= 0.3 is 0 Å². The predicted octanol–water partition coefficient (Wildman–Crippen LogP) is 3.78.